The molecule has 5 nitrogen and oxygen atoms in total. The normalized spacial score (nSPS) is 12.5. The van der Waals surface area contributed by atoms with E-state index < -0.39 is 23.2 Å². The number of hydrogen-bond acceptors (Lipinski definition) is 5. The number of ether oxygens (including phenoxy) is 1. The minimum atomic E-state index is -0.962. The van der Waals surface area contributed by atoms with Crippen LogP contribution in [0, 0.1) is 11.3 Å². The summed E-state index contributed by atoms with van der Waals surface area (Å²) < 4.78 is 5.24. The number of benzene rings is 2. The first-order valence-electron chi connectivity index (χ1n) is 7.83. The van der Waals surface area contributed by atoms with Crippen LogP contribution in [0.5, 0.6) is 0 Å². The highest BCUT2D eigenvalue weighted by atomic mass is 35.5. The van der Waals surface area contributed by atoms with Crippen molar-refractivity contribution in [2.75, 3.05) is 5.32 Å². The molecule has 134 valence electrons. The molecule has 7 heteroatoms. The van der Waals surface area contributed by atoms with Crippen LogP contribution >= 0.6 is 23.4 Å². The number of nitrogens with one attached hydrogen (secondary N) is 1. The van der Waals surface area contributed by atoms with Crippen molar-refractivity contribution in [3.05, 3.63) is 59.1 Å². The standard InChI is InChI=1S/C19H17ClN2O3S/c1-12(18(23)22-15-9-8-14(11-21)17(20)10-15)25-19(24)13(2)26-16-6-4-3-5-7-16/h3-10,12-13H,1-2H3,(H,22,23)/t12-,13+/m0/s1. The van der Waals surface area contributed by atoms with Crippen LogP contribution in [0.3, 0.4) is 0 Å². The number of nitriles is 1. The molecule has 2 aromatic carbocycles. The Kier molecular flexibility index (Phi) is 7.07. The van der Waals surface area contributed by atoms with E-state index in [9.17, 15) is 9.59 Å². The molecule has 0 saturated carbocycles. The van der Waals surface area contributed by atoms with Gasteiger partial charge in [0, 0.05) is 10.6 Å². The summed E-state index contributed by atoms with van der Waals surface area (Å²) in [4.78, 5) is 25.3. The summed E-state index contributed by atoms with van der Waals surface area (Å²) in [6.07, 6.45) is -0.962. The Bertz CT molecular complexity index is 836. The van der Waals surface area contributed by atoms with Gasteiger partial charge in [-0.2, -0.15) is 5.26 Å². The lowest BCUT2D eigenvalue weighted by Gasteiger charge is -2.16. The highest BCUT2D eigenvalue weighted by Gasteiger charge is 2.23. The first-order valence-corrected chi connectivity index (χ1v) is 9.09. The molecule has 0 bridgehead atoms. The summed E-state index contributed by atoms with van der Waals surface area (Å²) in [7, 11) is 0. The summed E-state index contributed by atoms with van der Waals surface area (Å²) in [5.41, 5.74) is 0.740. The smallest absolute Gasteiger partial charge is 0.319 e. The van der Waals surface area contributed by atoms with E-state index in [4.69, 9.17) is 21.6 Å². The van der Waals surface area contributed by atoms with E-state index in [-0.39, 0.29) is 5.02 Å². The van der Waals surface area contributed by atoms with Gasteiger partial charge in [0.25, 0.3) is 5.91 Å². The topological polar surface area (TPSA) is 79.2 Å². The van der Waals surface area contributed by atoms with E-state index in [1.54, 1.807) is 13.0 Å². The van der Waals surface area contributed by atoms with Crippen LogP contribution < -0.4 is 5.32 Å². The third-order valence-electron chi connectivity index (χ3n) is 3.41. The van der Waals surface area contributed by atoms with E-state index in [0.717, 1.165) is 4.90 Å². The van der Waals surface area contributed by atoms with Gasteiger partial charge < -0.3 is 10.1 Å². The molecule has 0 heterocycles. The van der Waals surface area contributed by atoms with Crippen LogP contribution in [0.4, 0.5) is 5.69 Å². The van der Waals surface area contributed by atoms with Gasteiger partial charge in [-0.25, -0.2) is 0 Å². The Hall–Kier alpha value is -2.49. The number of nitrogens with zero attached hydrogens (tertiary/aromatic N) is 1. The molecule has 1 amide bonds. The van der Waals surface area contributed by atoms with Gasteiger partial charge in [0.15, 0.2) is 6.10 Å². The monoisotopic (exact) mass is 388 g/mol. The summed E-state index contributed by atoms with van der Waals surface area (Å²) in [6, 6.07) is 16.0. The molecule has 0 aliphatic carbocycles. The Labute approximate surface area is 161 Å². The molecule has 1 N–H and O–H groups in total. The van der Waals surface area contributed by atoms with Crippen molar-refractivity contribution in [2.24, 2.45) is 0 Å². The maximum atomic E-state index is 12.2. The van der Waals surface area contributed by atoms with E-state index in [2.05, 4.69) is 5.32 Å². The van der Waals surface area contributed by atoms with Crippen LogP contribution in [-0.4, -0.2) is 23.2 Å². The second-order valence-electron chi connectivity index (χ2n) is 5.45. The molecule has 26 heavy (non-hydrogen) atoms. The van der Waals surface area contributed by atoms with Gasteiger partial charge in [-0.15, -0.1) is 11.8 Å². The SMILES string of the molecule is C[C@H](OC(=O)[C@@H](C)Sc1ccccc1)C(=O)Nc1ccc(C#N)c(Cl)c1. The number of amides is 1. The number of hydrogen-bond donors (Lipinski definition) is 1. The summed E-state index contributed by atoms with van der Waals surface area (Å²) in [5.74, 6) is -0.949. The maximum absolute atomic E-state index is 12.2. The lowest BCUT2D eigenvalue weighted by molar-refractivity contribution is -0.152. The van der Waals surface area contributed by atoms with Gasteiger partial charge in [0.1, 0.15) is 11.3 Å². The van der Waals surface area contributed by atoms with Crippen molar-refractivity contribution < 1.29 is 14.3 Å². The number of anilines is 1. The first-order chi connectivity index (χ1) is 12.4. The minimum absolute atomic E-state index is 0.239. The van der Waals surface area contributed by atoms with E-state index in [1.165, 1.54) is 30.8 Å². The third-order valence-corrected chi connectivity index (χ3v) is 4.81. The highest BCUT2D eigenvalue weighted by Crippen LogP contribution is 2.24. The molecule has 2 rings (SSSR count). The number of thioether (sulfide) groups is 1. The lowest BCUT2D eigenvalue weighted by atomic mass is 10.2. The fourth-order valence-electron chi connectivity index (χ4n) is 2.00. The molecule has 2 aromatic rings. The second-order valence-corrected chi connectivity index (χ2v) is 7.27. The molecule has 0 aliphatic heterocycles. The Morgan fingerprint density at radius 3 is 2.50 bits per heavy atom. The summed E-state index contributed by atoms with van der Waals surface area (Å²) >= 11 is 7.29. The fourth-order valence-corrected chi connectivity index (χ4v) is 3.10. The molecule has 0 radical (unpaired) electrons. The molecule has 0 unspecified atom stereocenters. The van der Waals surface area contributed by atoms with Gasteiger partial charge >= 0.3 is 5.97 Å². The Morgan fingerprint density at radius 1 is 1.19 bits per heavy atom. The molecule has 0 aliphatic rings. The number of carbonyl (C=O) groups excluding carboxylic acids is 2. The van der Waals surface area contributed by atoms with Gasteiger partial charge in [-0.05, 0) is 44.2 Å². The van der Waals surface area contributed by atoms with Crippen LogP contribution in [-0.2, 0) is 14.3 Å². The zero-order chi connectivity index (χ0) is 19.1. The average molecular weight is 389 g/mol. The summed E-state index contributed by atoms with van der Waals surface area (Å²) in [6.45, 7) is 3.23. The Balaban J connectivity index is 1.90. The maximum Gasteiger partial charge on any atom is 0.319 e. The zero-order valence-electron chi connectivity index (χ0n) is 14.2. The second kappa shape index (κ2) is 9.27. The predicted octanol–water partition coefficient (Wildman–Crippen LogP) is 4.26. The largest absolute Gasteiger partial charge is 0.452 e. The quantitative estimate of drug-likeness (QED) is 0.590. The zero-order valence-corrected chi connectivity index (χ0v) is 15.8. The molecule has 0 aromatic heterocycles. The third kappa shape index (κ3) is 5.51. The van der Waals surface area contributed by atoms with E-state index in [1.807, 2.05) is 36.4 Å². The molecular weight excluding hydrogens is 372 g/mol. The molecular formula is C19H17ClN2O3S. The van der Waals surface area contributed by atoms with Crippen molar-refractivity contribution in [2.45, 2.75) is 30.1 Å². The van der Waals surface area contributed by atoms with Crippen molar-refractivity contribution in [3.63, 3.8) is 0 Å². The number of rotatable bonds is 6. The molecule has 0 spiro atoms. The predicted molar refractivity (Wildman–Crippen MR) is 102 cm³/mol. The Morgan fingerprint density at radius 2 is 1.88 bits per heavy atom. The lowest BCUT2D eigenvalue weighted by Crippen LogP contribution is -2.32. The van der Waals surface area contributed by atoms with Crippen molar-refractivity contribution in [3.8, 4) is 6.07 Å². The van der Waals surface area contributed by atoms with Crippen LogP contribution in [0.2, 0.25) is 5.02 Å². The fraction of sp³-hybridized carbons (Fsp3) is 0.211. The van der Waals surface area contributed by atoms with Crippen molar-refractivity contribution >= 4 is 40.9 Å². The van der Waals surface area contributed by atoms with Crippen LogP contribution in [0.15, 0.2) is 53.4 Å². The van der Waals surface area contributed by atoms with Gasteiger partial charge in [-0.1, -0.05) is 29.8 Å². The van der Waals surface area contributed by atoms with Gasteiger partial charge in [0.2, 0.25) is 0 Å². The van der Waals surface area contributed by atoms with Crippen molar-refractivity contribution in [1.29, 1.82) is 5.26 Å². The minimum Gasteiger partial charge on any atom is -0.452 e. The van der Waals surface area contributed by atoms with Crippen LogP contribution in [0.25, 0.3) is 0 Å². The van der Waals surface area contributed by atoms with Crippen LogP contribution in [0.1, 0.15) is 19.4 Å². The van der Waals surface area contributed by atoms with Crippen molar-refractivity contribution in [1.82, 2.24) is 0 Å². The van der Waals surface area contributed by atoms with E-state index >= 15 is 0 Å². The molecule has 0 saturated heterocycles. The molecule has 0 fully saturated rings. The number of halogens is 1. The number of carbonyl (C=O) groups is 2. The highest BCUT2D eigenvalue weighted by molar-refractivity contribution is 8.00. The van der Waals surface area contributed by atoms with Gasteiger partial charge in [-0.3, -0.25) is 9.59 Å². The van der Waals surface area contributed by atoms with E-state index in [0.29, 0.717) is 11.3 Å². The first kappa shape index (κ1) is 19.8. The summed E-state index contributed by atoms with van der Waals surface area (Å²) in [5, 5.41) is 11.3. The molecule has 2 atom stereocenters. The average Bonchev–Trinajstić information content (AvgIpc) is 2.62. The number of esters is 1. The van der Waals surface area contributed by atoms with Gasteiger partial charge in [0.05, 0.1) is 10.6 Å².